The first kappa shape index (κ1) is 16.3. The van der Waals surface area contributed by atoms with Gasteiger partial charge in [0.15, 0.2) is 0 Å². The lowest BCUT2D eigenvalue weighted by molar-refractivity contribution is -0.307. The fourth-order valence-corrected chi connectivity index (χ4v) is 2.53. The van der Waals surface area contributed by atoms with Crippen molar-refractivity contribution in [2.24, 2.45) is 5.92 Å². The Kier molecular flexibility index (Phi) is 5.77. The number of carbonyl (C=O) groups excluding carboxylic acids is 2. The summed E-state index contributed by atoms with van der Waals surface area (Å²) in [4.78, 5) is 23.2. The number of anilines is 1. The van der Waals surface area contributed by atoms with Crippen LogP contribution in [-0.4, -0.2) is 31.2 Å². The van der Waals surface area contributed by atoms with E-state index in [2.05, 4.69) is 5.32 Å². The molecule has 0 spiro atoms. The predicted molar refractivity (Wildman–Crippen MR) is 78.3 cm³/mol. The number of amides is 1. The molecule has 1 fully saturated rings. The molecule has 1 aliphatic rings. The number of carbonyl (C=O) groups is 2. The predicted octanol–water partition coefficient (Wildman–Crippen LogP) is 0.959. The van der Waals surface area contributed by atoms with Gasteiger partial charge in [-0.1, -0.05) is 0 Å². The molecule has 2 atom stereocenters. The summed E-state index contributed by atoms with van der Waals surface area (Å²) >= 11 is 0. The van der Waals surface area contributed by atoms with Crippen molar-refractivity contribution in [3.63, 3.8) is 0 Å². The van der Waals surface area contributed by atoms with E-state index in [4.69, 9.17) is 9.47 Å². The van der Waals surface area contributed by atoms with Gasteiger partial charge in [0.25, 0.3) is 0 Å². The zero-order valence-corrected chi connectivity index (χ0v) is 12.5. The third-order valence-electron chi connectivity index (χ3n) is 3.57. The highest BCUT2D eigenvalue weighted by Crippen LogP contribution is 2.25. The van der Waals surface area contributed by atoms with Crippen molar-refractivity contribution in [2.45, 2.75) is 32.3 Å². The van der Waals surface area contributed by atoms with Gasteiger partial charge in [-0.2, -0.15) is 0 Å². The summed E-state index contributed by atoms with van der Waals surface area (Å²) in [5.74, 6) is -1.63. The highest BCUT2D eigenvalue weighted by atomic mass is 16.5. The third kappa shape index (κ3) is 4.46. The molecular weight excluding hydrogens is 286 g/mol. The normalized spacial score (nSPS) is 18.7. The van der Waals surface area contributed by atoms with Crippen molar-refractivity contribution in [2.75, 3.05) is 18.5 Å². The molecule has 0 bridgehead atoms. The minimum atomic E-state index is -1.25. The van der Waals surface area contributed by atoms with Crippen molar-refractivity contribution >= 4 is 17.6 Å². The average Bonchev–Trinajstić information content (AvgIpc) is 3.01. The van der Waals surface area contributed by atoms with Gasteiger partial charge >= 0.3 is 0 Å². The molecule has 1 aromatic rings. The molecule has 0 saturated carbocycles. The summed E-state index contributed by atoms with van der Waals surface area (Å²) < 4.78 is 10.8. The lowest BCUT2D eigenvalue weighted by atomic mass is 9.95. The molecule has 6 nitrogen and oxygen atoms in total. The minimum Gasteiger partial charge on any atom is -0.550 e. The van der Waals surface area contributed by atoms with Gasteiger partial charge in [-0.3, -0.25) is 4.79 Å². The Morgan fingerprint density at radius 1 is 1.41 bits per heavy atom. The number of hydrogen-bond acceptors (Lipinski definition) is 5. The monoisotopic (exact) mass is 306 g/mol. The van der Waals surface area contributed by atoms with Crippen LogP contribution in [0.25, 0.3) is 0 Å². The lowest BCUT2D eigenvalue weighted by Crippen LogP contribution is -2.38. The topological polar surface area (TPSA) is 87.7 Å². The second-order valence-corrected chi connectivity index (χ2v) is 5.18. The summed E-state index contributed by atoms with van der Waals surface area (Å²) in [6, 6.07) is 6.93. The quantitative estimate of drug-likeness (QED) is 0.810. The maximum Gasteiger partial charge on any atom is 0.230 e. The fourth-order valence-electron chi connectivity index (χ4n) is 2.53. The SMILES string of the molecule is CCOc1ccc(NC(=O)[C@H](CC(=O)[O-])[C@H]2CCCO2)cc1. The van der Waals surface area contributed by atoms with Gasteiger partial charge < -0.3 is 24.7 Å². The van der Waals surface area contributed by atoms with E-state index < -0.39 is 11.9 Å². The maximum atomic E-state index is 12.3. The van der Waals surface area contributed by atoms with Crippen LogP contribution < -0.4 is 15.2 Å². The van der Waals surface area contributed by atoms with E-state index in [1.165, 1.54) is 0 Å². The van der Waals surface area contributed by atoms with Crippen molar-refractivity contribution < 1.29 is 24.2 Å². The van der Waals surface area contributed by atoms with Crippen LogP contribution in [0, 0.1) is 5.92 Å². The second-order valence-electron chi connectivity index (χ2n) is 5.18. The average molecular weight is 306 g/mol. The highest BCUT2D eigenvalue weighted by Gasteiger charge is 2.31. The fraction of sp³-hybridized carbons (Fsp3) is 0.500. The van der Waals surface area contributed by atoms with E-state index in [0.717, 1.165) is 6.42 Å². The van der Waals surface area contributed by atoms with Crippen molar-refractivity contribution in [1.29, 1.82) is 0 Å². The number of nitrogens with one attached hydrogen (secondary N) is 1. The molecule has 0 radical (unpaired) electrons. The van der Waals surface area contributed by atoms with Crippen LogP contribution in [0.2, 0.25) is 0 Å². The van der Waals surface area contributed by atoms with Crippen molar-refractivity contribution in [1.82, 2.24) is 0 Å². The Bertz CT molecular complexity index is 508. The Hall–Kier alpha value is -2.08. The smallest absolute Gasteiger partial charge is 0.230 e. The van der Waals surface area contributed by atoms with Gasteiger partial charge in [0.2, 0.25) is 5.91 Å². The molecule has 1 aromatic carbocycles. The molecule has 1 amide bonds. The summed E-state index contributed by atoms with van der Waals surface area (Å²) in [6.07, 6.45) is 0.827. The first-order valence-electron chi connectivity index (χ1n) is 7.45. The molecule has 2 rings (SSSR count). The Balaban J connectivity index is 2.01. The second kappa shape index (κ2) is 7.79. The van der Waals surface area contributed by atoms with Crippen LogP contribution in [0.4, 0.5) is 5.69 Å². The van der Waals surface area contributed by atoms with E-state index in [1.807, 2.05) is 6.92 Å². The molecule has 1 aliphatic heterocycles. The Morgan fingerprint density at radius 2 is 2.14 bits per heavy atom. The molecule has 0 aliphatic carbocycles. The summed E-state index contributed by atoms with van der Waals surface area (Å²) in [5, 5.41) is 13.6. The standard InChI is InChI=1S/C16H21NO5/c1-2-21-12-7-5-11(6-8-12)17-16(20)13(10-15(18)19)14-4-3-9-22-14/h5-8,13-14H,2-4,9-10H2,1H3,(H,17,20)(H,18,19)/p-1/t13-,14-/m1/s1. The number of hydrogen-bond donors (Lipinski definition) is 1. The van der Waals surface area contributed by atoms with Crippen LogP contribution in [0.3, 0.4) is 0 Å². The first-order valence-corrected chi connectivity index (χ1v) is 7.45. The van der Waals surface area contributed by atoms with Gasteiger partial charge in [0.05, 0.1) is 18.6 Å². The summed E-state index contributed by atoms with van der Waals surface area (Å²) in [6.45, 7) is 3.02. The van der Waals surface area contributed by atoms with Crippen LogP contribution >= 0.6 is 0 Å². The van der Waals surface area contributed by atoms with Crippen LogP contribution in [0.5, 0.6) is 5.75 Å². The number of carboxylic acid groups (broad SMARTS) is 1. The maximum absolute atomic E-state index is 12.3. The molecule has 0 aromatic heterocycles. The zero-order chi connectivity index (χ0) is 15.9. The molecule has 1 heterocycles. The number of benzene rings is 1. The van der Waals surface area contributed by atoms with Crippen molar-refractivity contribution in [3.05, 3.63) is 24.3 Å². The molecule has 1 N–H and O–H groups in total. The zero-order valence-electron chi connectivity index (χ0n) is 12.5. The van der Waals surface area contributed by atoms with Crippen LogP contribution in [0.1, 0.15) is 26.2 Å². The van der Waals surface area contributed by atoms with Crippen LogP contribution in [0.15, 0.2) is 24.3 Å². The van der Waals surface area contributed by atoms with Gasteiger partial charge in [0.1, 0.15) is 5.75 Å². The highest BCUT2D eigenvalue weighted by molar-refractivity contribution is 5.94. The minimum absolute atomic E-state index is 0.340. The molecule has 22 heavy (non-hydrogen) atoms. The molecular formula is C16H20NO5-. The largest absolute Gasteiger partial charge is 0.550 e. The number of rotatable bonds is 7. The number of ether oxygens (including phenoxy) is 2. The summed E-state index contributed by atoms with van der Waals surface area (Å²) in [5.41, 5.74) is 0.592. The van der Waals surface area contributed by atoms with Gasteiger partial charge in [-0.15, -0.1) is 0 Å². The molecule has 1 saturated heterocycles. The number of aliphatic carboxylic acids is 1. The van der Waals surface area contributed by atoms with E-state index in [1.54, 1.807) is 24.3 Å². The van der Waals surface area contributed by atoms with Crippen LogP contribution in [-0.2, 0) is 14.3 Å². The third-order valence-corrected chi connectivity index (χ3v) is 3.57. The first-order chi connectivity index (χ1) is 10.6. The van der Waals surface area contributed by atoms with Gasteiger partial charge in [-0.25, -0.2) is 0 Å². The van der Waals surface area contributed by atoms with Gasteiger partial charge in [0, 0.05) is 24.7 Å². The van der Waals surface area contributed by atoms with E-state index in [0.29, 0.717) is 31.1 Å². The van der Waals surface area contributed by atoms with E-state index >= 15 is 0 Å². The molecule has 0 unspecified atom stereocenters. The van der Waals surface area contributed by atoms with Crippen molar-refractivity contribution in [3.8, 4) is 5.75 Å². The Morgan fingerprint density at radius 3 is 2.68 bits per heavy atom. The number of carboxylic acids is 1. The molecule has 120 valence electrons. The molecule has 6 heteroatoms. The Labute approximate surface area is 129 Å². The summed E-state index contributed by atoms with van der Waals surface area (Å²) in [7, 11) is 0. The van der Waals surface area contributed by atoms with Gasteiger partial charge in [-0.05, 0) is 44.0 Å². The van der Waals surface area contributed by atoms with E-state index in [9.17, 15) is 14.7 Å². The lowest BCUT2D eigenvalue weighted by Gasteiger charge is -2.22. The van der Waals surface area contributed by atoms with E-state index in [-0.39, 0.29) is 18.4 Å².